The number of Topliss-reactive ketones (excluding diaryl/α,β-unsaturated/α-hetero) is 1. The molecule has 1 amide bonds. The van der Waals surface area contributed by atoms with Gasteiger partial charge >= 0.3 is 11.9 Å². The molecular weight excluding hydrogens is 753 g/mol. The highest BCUT2D eigenvalue weighted by molar-refractivity contribution is 5.98. The van der Waals surface area contributed by atoms with E-state index in [-0.39, 0.29) is 11.7 Å². The molecule has 2 bridgehead atoms. The first-order valence-corrected chi connectivity index (χ1v) is 21.1. The molecule has 2 aromatic carbocycles. The zero-order valence-electron chi connectivity index (χ0n) is 34.9. The van der Waals surface area contributed by atoms with Gasteiger partial charge in [0, 0.05) is 78.2 Å². The van der Waals surface area contributed by atoms with Crippen molar-refractivity contribution in [1.82, 2.24) is 14.8 Å². The number of benzene rings is 2. The third kappa shape index (κ3) is 5.17. The number of fused-ring (bicyclic) bond motifs is 6. The van der Waals surface area contributed by atoms with Crippen molar-refractivity contribution >= 4 is 40.7 Å². The van der Waals surface area contributed by atoms with Gasteiger partial charge in [-0.25, -0.2) is 4.79 Å². The van der Waals surface area contributed by atoms with Crippen LogP contribution in [-0.2, 0) is 45.9 Å². The molecular formula is C46H56N4O9. The van der Waals surface area contributed by atoms with Crippen LogP contribution >= 0.6 is 0 Å². The Morgan fingerprint density at radius 1 is 1.00 bits per heavy atom. The summed E-state index contributed by atoms with van der Waals surface area (Å²) in [6.07, 6.45) is 6.20. The smallest absolute Gasteiger partial charge is 0.344 e. The molecule has 1 aliphatic carbocycles. The number of ketones is 1. The fraction of sp³-hybridized carbons (Fsp3) is 0.565. The van der Waals surface area contributed by atoms with Gasteiger partial charge < -0.3 is 34.3 Å². The lowest BCUT2D eigenvalue weighted by Crippen LogP contribution is -2.81. The molecule has 0 radical (unpaired) electrons. The summed E-state index contributed by atoms with van der Waals surface area (Å²) in [6, 6.07) is 10.2. The Bertz CT molecular complexity index is 2290. The number of para-hydroxylation sites is 1. The van der Waals surface area contributed by atoms with Gasteiger partial charge in [-0.15, -0.1) is 0 Å². The summed E-state index contributed by atoms with van der Waals surface area (Å²) in [7, 11) is 2.74. The number of amides is 1. The van der Waals surface area contributed by atoms with Crippen LogP contribution in [0.15, 0.2) is 48.6 Å². The first-order chi connectivity index (χ1) is 28.2. The fourth-order valence-electron chi connectivity index (χ4n) is 13.4. The van der Waals surface area contributed by atoms with Crippen LogP contribution in [0.4, 0.5) is 5.69 Å². The lowest BCUT2D eigenvalue weighted by atomic mass is 9.47. The molecule has 1 unspecified atom stereocenters. The van der Waals surface area contributed by atoms with Crippen molar-refractivity contribution in [3.8, 4) is 5.75 Å². The van der Waals surface area contributed by atoms with E-state index in [9.17, 15) is 24.6 Å². The number of aromatic nitrogens is 1. The minimum absolute atomic E-state index is 0.0768. The van der Waals surface area contributed by atoms with Crippen molar-refractivity contribution in [2.24, 2.45) is 11.3 Å². The molecule has 3 N–H and O–H groups in total. The fourth-order valence-corrected chi connectivity index (χ4v) is 13.4. The number of piperidine rings is 1. The summed E-state index contributed by atoms with van der Waals surface area (Å²) < 4.78 is 17.8. The van der Waals surface area contributed by atoms with E-state index in [4.69, 9.17) is 14.2 Å². The van der Waals surface area contributed by atoms with Crippen LogP contribution in [0.5, 0.6) is 5.75 Å². The number of ether oxygens (including phenoxy) is 3. The van der Waals surface area contributed by atoms with Crippen molar-refractivity contribution in [1.29, 1.82) is 0 Å². The first-order valence-electron chi connectivity index (χ1n) is 21.1. The molecule has 59 heavy (non-hydrogen) atoms. The van der Waals surface area contributed by atoms with E-state index >= 15 is 4.79 Å². The number of hydrogen-bond acceptors (Lipinski definition) is 11. The van der Waals surface area contributed by atoms with Crippen LogP contribution in [-0.4, -0.2) is 125 Å². The number of hydrogen-bond donors (Lipinski definition) is 3. The lowest BCUT2D eigenvalue weighted by Gasteiger charge is -2.63. The van der Waals surface area contributed by atoms with Gasteiger partial charge in [0.2, 0.25) is 12.0 Å². The molecule has 314 valence electrons. The molecule has 9 rings (SSSR count). The second kappa shape index (κ2) is 13.7. The van der Waals surface area contributed by atoms with Gasteiger partial charge in [-0.3, -0.25) is 24.2 Å². The molecule has 3 fully saturated rings. The Kier molecular flexibility index (Phi) is 9.28. The summed E-state index contributed by atoms with van der Waals surface area (Å²) in [5, 5.41) is 26.3. The minimum Gasteiger partial charge on any atom is -0.496 e. The maximum absolute atomic E-state index is 15.2. The van der Waals surface area contributed by atoms with E-state index in [2.05, 4.69) is 20.9 Å². The number of aliphatic hydroxyl groups is 2. The van der Waals surface area contributed by atoms with Gasteiger partial charge in [-0.2, -0.15) is 0 Å². The van der Waals surface area contributed by atoms with Gasteiger partial charge in [0.15, 0.2) is 6.10 Å². The number of anilines is 1. The highest BCUT2D eigenvalue weighted by Crippen LogP contribution is 2.68. The average molecular weight is 809 g/mol. The number of H-pyrrole nitrogens is 1. The minimum atomic E-state index is -2.51. The third-order valence-corrected chi connectivity index (χ3v) is 15.6. The topological polar surface area (TPSA) is 162 Å². The predicted octanol–water partition coefficient (Wildman–Crippen LogP) is 3.93. The number of nitrogens with zero attached hydrogens (tertiary/aromatic N) is 3. The van der Waals surface area contributed by atoms with Crippen LogP contribution in [0.1, 0.15) is 82.2 Å². The molecule has 13 nitrogen and oxygen atoms in total. The zero-order valence-corrected chi connectivity index (χ0v) is 34.9. The van der Waals surface area contributed by atoms with E-state index in [0.717, 1.165) is 22.2 Å². The molecule has 1 spiro atoms. The average Bonchev–Trinajstić information content (AvgIpc) is 3.90. The molecule has 1 saturated carbocycles. The van der Waals surface area contributed by atoms with Crippen molar-refractivity contribution in [2.45, 2.75) is 106 Å². The predicted molar refractivity (Wildman–Crippen MR) is 219 cm³/mol. The van der Waals surface area contributed by atoms with Gasteiger partial charge in [0.1, 0.15) is 11.5 Å². The molecule has 6 aliphatic rings. The highest BCUT2D eigenvalue weighted by Gasteiger charge is 2.81. The summed E-state index contributed by atoms with van der Waals surface area (Å²) in [6.45, 7) is 10.00. The number of methoxy groups -OCH3 is 2. The maximum atomic E-state index is 15.2. The summed E-state index contributed by atoms with van der Waals surface area (Å²) in [4.78, 5) is 66.0. The highest BCUT2D eigenvalue weighted by atomic mass is 16.6. The zero-order chi connectivity index (χ0) is 41.9. The van der Waals surface area contributed by atoms with Gasteiger partial charge in [0.25, 0.3) is 0 Å². The second-order valence-electron chi connectivity index (χ2n) is 18.2. The van der Waals surface area contributed by atoms with Crippen LogP contribution < -0.4 is 9.64 Å². The number of aromatic amines is 1. The normalized spacial score (nSPS) is 36.9. The number of carbonyl (C=O) groups is 4. The van der Waals surface area contributed by atoms with E-state index < -0.39 is 57.6 Å². The summed E-state index contributed by atoms with van der Waals surface area (Å²) >= 11 is 0. The lowest BCUT2D eigenvalue weighted by molar-refractivity contribution is -0.228. The SMILES string of the molecule is CC[C@]1(O)C[C@@H]2CN(CCc3c([nH]c4ccccc34)[C@@](C(C)=O)(c3cc4c(cc3OC)N(C=O)[C@H]3[C@@](O)(C(=O)OC)[C@H](OC(C)=O)[C@]5(CC)C=CCN6CC[C@]43[C@@H]65)C2)C1. The number of nitrogens with one attached hydrogen (secondary N) is 1. The Morgan fingerprint density at radius 3 is 2.46 bits per heavy atom. The standard InChI is InChI=1S/C46H56N4O9/c1-7-42(55)22-29-23-45(27(3)52,37-31(14-18-48(24-29)25-42)30-12-9-10-13-34(30)47-37)33-20-32-35(21-36(33)57-5)50(26-51)39-44(32)16-19-49-17-11-15-43(8-2,38(44)49)40(59-28(4)53)46(39,56)41(54)58-6/h9-13,15,20-21,26,29,38-40,47,55-56H,7-8,14,16-19,22-25H2,1-6H3/t29-,38-,39+,40+,42-,43+,44+,45-,46-/m0/s1. The van der Waals surface area contributed by atoms with E-state index in [1.54, 1.807) is 20.1 Å². The van der Waals surface area contributed by atoms with Crippen LogP contribution in [0.3, 0.4) is 0 Å². The summed E-state index contributed by atoms with van der Waals surface area (Å²) in [5.74, 6) is -1.48. The molecule has 3 aromatic rings. The van der Waals surface area contributed by atoms with Gasteiger partial charge in [0.05, 0.1) is 37.0 Å². The molecule has 5 aliphatic heterocycles. The van der Waals surface area contributed by atoms with Crippen LogP contribution in [0, 0.1) is 11.3 Å². The quantitative estimate of drug-likeness (QED) is 0.172. The van der Waals surface area contributed by atoms with Crippen molar-refractivity contribution in [3.05, 3.63) is 70.9 Å². The Hall–Kier alpha value is -4.56. The van der Waals surface area contributed by atoms with E-state index in [0.29, 0.717) is 100 Å². The summed E-state index contributed by atoms with van der Waals surface area (Å²) in [5.41, 5.74) is -2.38. The van der Waals surface area contributed by atoms with Crippen LogP contribution in [0.25, 0.3) is 10.9 Å². The van der Waals surface area contributed by atoms with Crippen molar-refractivity contribution < 1.29 is 43.6 Å². The Balaban J connectivity index is 1.37. The number of rotatable bonds is 8. The molecule has 1 aromatic heterocycles. The number of carbonyl (C=O) groups excluding carboxylic acids is 4. The molecule has 2 saturated heterocycles. The van der Waals surface area contributed by atoms with Gasteiger partial charge in [-0.1, -0.05) is 44.2 Å². The Morgan fingerprint density at radius 2 is 1.78 bits per heavy atom. The van der Waals surface area contributed by atoms with Gasteiger partial charge in [-0.05, 0) is 81.2 Å². The van der Waals surface area contributed by atoms with Crippen LogP contribution in [0.2, 0.25) is 0 Å². The third-order valence-electron chi connectivity index (χ3n) is 15.6. The molecule has 10 atom stereocenters. The molecule has 6 heterocycles. The second-order valence-corrected chi connectivity index (χ2v) is 18.2. The van der Waals surface area contributed by atoms with E-state index in [1.165, 1.54) is 18.9 Å². The first kappa shape index (κ1) is 39.9. The largest absolute Gasteiger partial charge is 0.496 e. The molecule has 13 heteroatoms. The van der Waals surface area contributed by atoms with E-state index in [1.807, 2.05) is 50.3 Å². The Labute approximate surface area is 344 Å². The monoisotopic (exact) mass is 808 g/mol. The van der Waals surface area contributed by atoms with Crippen molar-refractivity contribution in [3.63, 3.8) is 0 Å². The van der Waals surface area contributed by atoms with Crippen molar-refractivity contribution in [2.75, 3.05) is 51.8 Å². The number of esters is 2. The maximum Gasteiger partial charge on any atom is 0.344 e.